The summed E-state index contributed by atoms with van der Waals surface area (Å²) < 4.78 is 0. The van der Waals surface area contributed by atoms with Gasteiger partial charge in [0.25, 0.3) is 5.91 Å². The first-order chi connectivity index (χ1) is 8.15. The van der Waals surface area contributed by atoms with E-state index in [4.69, 9.17) is 5.73 Å². The number of rotatable bonds is 2. The van der Waals surface area contributed by atoms with E-state index >= 15 is 0 Å². The molecule has 1 saturated carbocycles. The second-order valence-corrected chi connectivity index (χ2v) is 6.57. The van der Waals surface area contributed by atoms with Gasteiger partial charge in [-0.3, -0.25) is 4.79 Å². The van der Waals surface area contributed by atoms with Crippen LogP contribution in [0.3, 0.4) is 0 Å². The highest BCUT2D eigenvalue weighted by Crippen LogP contribution is 2.41. The van der Waals surface area contributed by atoms with Crippen molar-refractivity contribution < 1.29 is 4.79 Å². The standard InChI is InChI=1S/C13H18N2OS/c1-8-2-5-12(17-8)13(16)15-6-10(9-3-4-9)11(14)7-15/h2,5,9-11H,3-4,6-7,14H2,1H3/t10-,11+/m0/s1. The van der Waals surface area contributed by atoms with Crippen molar-refractivity contribution in [3.8, 4) is 0 Å². The van der Waals surface area contributed by atoms with Gasteiger partial charge in [0.2, 0.25) is 0 Å². The minimum absolute atomic E-state index is 0.168. The van der Waals surface area contributed by atoms with Crippen LogP contribution in [0.5, 0.6) is 0 Å². The molecule has 3 nitrogen and oxygen atoms in total. The average molecular weight is 250 g/mol. The summed E-state index contributed by atoms with van der Waals surface area (Å²) in [6.45, 7) is 3.63. The first-order valence-corrected chi connectivity index (χ1v) is 7.08. The van der Waals surface area contributed by atoms with Crippen LogP contribution in [-0.2, 0) is 0 Å². The number of nitrogens with zero attached hydrogens (tertiary/aromatic N) is 1. The van der Waals surface area contributed by atoms with Gasteiger partial charge >= 0.3 is 0 Å². The molecule has 1 aromatic rings. The van der Waals surface area contributed by atoms with Gasteiger partial charge in [0, 0.05) is 24.0 Å². The molecule has 2 N–H and O–H groups in total. The molecule has 2 atom stereocenters. The molecule has 2 heterocycles. The topological polar surface area (TPSA) is 46.3 Å². The molecule has 0 aromatic carbocycles. The summed E-state index contributed by atoms with van der Waals surface area (Å²) in [7, 11) is 0. The van der Waals surface area contributed by atoms with Gasteiger partial charge in [-0.1, -0.05) is 0 Å². The molecule has 4 heteroatoms. The lowest BCUT2D eigenvalue weighted by atomic mass is 9.99. The van der Waals surface area contributed by atoms with E-state index in [1.807, 2.05) is 24.0 Å². The number of hydrogen-bond acceptors (Lipinski definition) is 3. The van der Waals surface area contributed by atoms with Crippen molar-refractivity contribution in [1.82, 2.24) is 4.90 Å². The third-order valence-electron chi connectivity index (χ3n) is 3.88. The van der Waals surface area contributed by atoms with Crippen LogP contribution in [0.25, 0.3) is 0 Å². The van der Waals surface area contributed by atoms with Gasteiger partial charge in [0.1, 0.15) is 0 Å². The SMILES string of the molecule is Cc1ccc(C(=O)N2C[C@@H](N)[C@H](C3CC3)C2)s1. The van der Waals surface area contributed by atoms with Crippen LogP contribution < -0.4 is 5.73 Å². The molecule has 0 spiro atoms. The van der Waals surface area contributed by atoms with E-state index in [1.54, 1.807) is 11.3 Å². The van der Waals surface area contributed by atoms with E-state index in [0.29, 0.717) is 5.92 Å². The Kier molecular flexibility index (Phi) is 2.71. The molecule has 2 fully saturated rings. The van der Waals surface area contributed by atoms with Gasteiger partial charge in [0.05, 0.1) is 4.88 Å². The summed E-state index contributed by atoms with van der Waals surface area (Å²) in [5.74, 6) is 1.49. The van der Waals surface area contributed by atoms with E-state index in [0.717, 1.165) is 23.9 Å². The van der Waals surface area contributed by atoms with E-state index < -0.39 is 0 Å². The molecule has 1 saturated heterocycles. The zero-order valence-electron chi connectivity index (χ0n) is 10.1. The number of hydrogen-bond donors (Lipinski definition) is 1. The molecule has 0 unspecified atom stereocenters. The summed E-state index contributed by atoms with van der Waals surface area (Å²) >= 11 is 1.58. The summed E-state index contributed by atoms with van der Waals surface area (Å²) in [6, 6.07) is 4.12. The van der Waals surface area contributed by atoms with Crippen molar-refractivity contribution in [1.29, 1.82) is 0 Å². The van der Waals surface area contributed by atoms with Crippen molar-refractivity contribution in [2.24, 2.45) is 17.6 Å². The van der Waals surface area contributed by atoms with Crippen LogP contribution in [0.1, 0.15) is 27.4 Å². The Bertz CT molecular complexity index is 438. The minimum Gasteiger partial charge on any atom is -0.336 e. The van der Waals surface area contributed by atoms with Gasteiger partial charge in [0.15, 0.2) is 0 Å². The van der Waals surface area contributed by atoms with Crippen LogP contribution in [0.2, 0.25) is 0 Å². The Morgan fingerprint density at radius 3 is 2.76 bits per heavy atom. The minimum atomic E-state index is 0.168. The van der Waals surface area contributed by atoms with Crippen molar-refractivity contribution >= 4 is 17.2 Å². The third kappa shape index (κ3) is 2.11. The van der Waals surface area contributed by atoms with Crippen molar-refractivity contribution in [2.45, 2.75) is 25.8 Å². The lowest BCUT2D eigenvalue weighted by Crippen LogP contribution is -2.32. The maximum atomic E-state index is 12.3. The summed E-state index contributed by atoms with van der Waals surface area (Å²) in [5, 5.41) is 0. The fourth-order valence-electron chi connectivity index (χ4n) is 2.75. The molecule has 0 radical (unpaired) electrons. The summed E-state index contributed by atoms with van der Waals surface area (Å²) in [4.78, 5) is 16.3. The number of amides is 1. The summed E-state index contributed by atoms with van der Waals surface area (Å²) in [6.07, 6.45) is 2.61. The van der Waals surface area contributed by atoms with Crippen molar-refractivity contribution in [3.63, 3.8) is 0 Å². The molecular weight excluding hydrogens is 232 g/mol. The Hall–Kier alpha value is -0.870. The molecule has 1 aliphatic carbocycles. The molecule has 92 valence electrons. The average Bonchev–Trinajstić information content (AvgIpc) is 2.94. The maximum Gasteiger partial charge on any atom is 0.263 e. The highest BCUT2D eigenvalue weighted by molar-refractivity contribution is 7.13. The van der Waals surface area contributed by atoms with E-state index in [-0.39, 0.29) is 11.9 Å². The number of likely N-dealkylation sites (tertiary alicyclic amines) is 1. The smallest absolute Gasteiger partial charge is 0.263 e. The van der Waals surface area contributed by atoms with E-state index in [1.165, 1.54) is 17.7 Å². The molecule has 2 aliphatic rings. The lowest BCUT2D eigenvalue weighted by Gasteiger charge is -2.14. The number of nitrogens with two attached hydrogens (primary N) is 1. The van der Waals surface area contributed by atoms with Crippen LogP contribution in [-0.4, -0.2) is 29.9 Å². The van der Waals surface area contributed by atoms with Gasteiger partial charge in [-0.25, -0.2) is 0 Å². The molecular formula is C13H18N2OS. The lowest BCUT2D eigenvalue weighted by molar-refractivity contribution is 0.0789. The fourth-order valence-corrected chi connectivity index (χ4v) is 3.58. The molecule has 0 bridgehead atoms. The number of carbonyl (C=O) groups excluding carboxylic acids is 1. The number of thiophene rings is 1. The van der Waals surface area contributed by atoms with Gasteiger partial charge < -0.3 is 10.6 Å². The second kappa shape index (κ2) is 4.10. The molecule has 17 heavy (non-hydrogen) atoms. The monoisotopic (exact) mass is 250 g/mol. The normalized spacial score (nSPS) is 28.7. The zero-order valence-corrected chi connectivity index (χ0v) is 10.9. The maximum absolute atomic E-state index is 12.3. The Balaban J connectivity index is 1.71. The highest BCUT2D eigenvalue weighted by atomic mass is 32.1. The number of aryl methyl sites for hydroxylation is 1. The highest BCUT2D eigenvalue weighted by Gasteiger charge is 2.42. The zero-order chi connectivity index (χ0) is 12.0. The fraction of sp³-hybridized carbons (Fsp3) is 0.615. The first kappa shape index (κ1) is 11.2. The van der Waals surface area contributed by atoms with Crippen LogP contribution >= 0.6 is 11.3 Å². The van der Waals surface area contributed by atoms with Crippen LogP contribution in [0.15, 0.2) is 12.1 Å². The largest absolute Gasteiger partial charge is 0.336 e. The van der Waals surface area contributed by atoms with Gasteiger partial charge in [-0.15, -0.1) is 11.3 Å². The molecule has 3 rings (SSSR count). The Morgan fingerprint density at radius 2 is 2.18 bits per heavy atom. The van der Waals surface area contributed by atoms with Gasteiger partial charge in [-0.2, -0.15) is 0 Å². The Morgan fingerprint density at radius 1 is 1.41 bits per heavy atom. The van der Waals surface area contributed by atoms with E-state index in [2.05, 4.69) is 0 Å². The third-order valence-corrected chi connectivity index (χ3v) is 4.87. The molecule has 1 aromatic heterocycles. The van der Waals surface area contributed by atoms with E-state index in [9.17, 15) is 4.79 Å². The van der Waals surface area contributed by atoms with Crippen molar-refractivity contribution in [2.75, 3.05) is 13.1 Å². The predicted molar refractivity (Wildman–Crippen MR) is 69.1 cm³/mol. The molecule has 1 aliphatic heterocycles. The second-order valence-electron chi connectivity index (χ2n) is 5.29. The van der Waals surface area contributed by atoms with Crippen LogP contribution in [0, 0.1) is 18.8 Å². The molecule has 1 amide bonds. The van der Waals surface area contributed by atoms with Crippen LogP contribution in [0.4, 0.5) is 0 Å². The van der Waals surface area contributed by atoms with Crippen molar-refractivity contribution in [3.05, 3.63) is 21.9 Å². The first-order valence-electron chi connectivity index (χ1n) is 6.26. The quantitative estimate of drug-likeness (QED) is 0.871. The van der Waals surface area contributed by atoms with Gasteiger partial charge in [-0.05, 0) is 43.7 Å². The Labute approximate surface area is 106 Å². The summed E-state index contributed by atoms with van der Waals surface area (Å²) in [5.41, 5.74) is 6.14. The number of carbonyl (C=O) groups is 1. The predicted octanol–water partition coefficient (Wildman–Crippen LogP) is 1.87.